The number of hydrogen-bond donors (Lipinski definition) is 2. The lowest BCUT2D eigenvalue weighted by Gasteiger charge is -2.18. The molecule has 0 saturated heterocycles. The highest BCUT2D eigenvalue weighted by Crippen LogP contribution is 2.35. The van der Waals surface area contributed by atoms with Crippen molar-refractivity contribution in [1.82, 2.24) is 5.32 Å². The maximum absolute atomic E-state index is 11.7. The van der Waals surface area contributed by atoms with Gasteiger partial charge in [-0.25, -0.2) is 0 Å². The molecule has 0 aromatic carbocycles. The van der Waals surface area contributed by atoms with Crippen LogP contribution in [0, 0.1) is 5.92 Å². The summed E-state index contributed by atoms with van der Waals surface area (Å²) in [6.07, 6.45) is 5.34. The fourth-order valence-corrected chi connectivity index (χ4v) is 2.02. The number of nitrogens with one attached hydrogen (secondary N) is 1. The van der Waals surface area contributed by atoms with E-state index in [0.29, 0.717) is 0 Å². The van der Waals surface area contributed by atoms with Gasteiger partial charge in [0.05, 0.1) is 5.92 Å². The van der Waals surface area contributed by atoms with Gasteiger partial charge in [0.2, 0.25) is 5.91 Å². The van der Waals surface area contributed by atoms with Gasteiger partial charge >= 0.3 is 0 Å². The van der Waals surface area contributed by atoms with Gasteiger partial charge in [0.25, 0.3) is 0 Å². The van der Waals surface area contributed by atoms with Gasteiger partial charge in [0, 0.05) is 11.6 Å². The molecule has 2 fully saturated rings. The van der Waals surface area contributed by atoms with Crippen molar-refractivity contribution in [3.8, 4) is 0 Å². The largest absolute Gasteiger partial charge is 0.351 e. The maximum atomic E-state index is 11.7. The molecule has 0 aliphatic heterocycles. The Morgan fingerprint density at radius 3 is 2.62 bits per heavy atom. The minimum Gasteiger partial charge on any atom is -0.351 e. The van der Waals surface area contributed by atoms with Gasteiger partial charge in [-0.2, -0.15) is 0 Å². The summed E-state index contributed by atoms with van der Waals surface area (Å²) in [7, 11) is 0. The van der Waals surface area contributed by atoms with Gasteiger partial charge < -0.3 is 11.1 Å². The van der Waals surface area contributed by atoms with Gasteiger partial charge in [-0.1, -0.05) is 6.42 Å². The standard InChI is InChI=1S/C10H18N2O/c1-10(5-6-10)12-9(13)7-3-2-4-8(7)11/h7-8H,2-6,11H2,1H3,(H,12,13). The first-order valence-electron chi connectivity index (χ1n) is 5.18. The highest BCUT2D eigenvalue weighted by molar-refractivity contribution is 5.80. The second-order valence-electron chi connectivity index (χ2n) is 4.75. The highest BCUT2D eigenvalue weighted by Gasteiger charge is 2.41. The van der Waals surface area contributed by atoms with Crippen LogP contribution >= 0.6 is 0 Å². The molecule has 0 heterocycles. The summed E-state index contributed by atoms with van der Waals surface area (Å²) in [5.74, 6) is 0.266. The summed E-state index contributed by atoms with van der Waals surface area (Å²) in [5.41, 5.74) is 5.97. The van der Waals surface area contributed by atoms with E-state index in [1.165, 1.54) is 0 Å². The van der Waals surface area contributed by atoms with Gasteiger partial charge in [-0.3, -0.25) is 4.79 Å². The molecule has 3 N–H and O–H groups in total. The molecule has 2 unspecified atom stereocenters. The van der Waals surface area contributed by atoms with Crippen LogP contribution < -0.4 is 11.1 Å². The number of hydrogen-bond acceptors (Lipinski definition) is 2. The van der Waals surface area contributed by atoms with Crippen molar-refractivity contribution in [2.75, 3.05) is 0 Å². The Morgan fingerprint density at radius 1 is 1.46 bits per heavy atom. The lowest BCUT2D eigenvalue weighted by atomic mass is 10.0. The molecule has 0 aromatic heterocycles. The smallest absolute Gasteiger partial charge is 0.225 e. The van der Waals surface area contributed by atoms with Crippen molar-refractivity contribution < 1.29 is 4.79 Å². The molecule has 2 aliphatic rings. The molecule has 2 rings (SSSR count). The zero-order chi connectivity index (χ0) is 9.47. The van der Waals surface area contributed by atoms with E-state index in [0.717, 1.165) is 32.1 Å². The summed E-state index contributed by atoms with van der Waals surface area (Å²) in [6.45, 7) is 2.10. The molecule has 13 heavy (non-hydrogen) atoms. The molecule has 74 valence electrons. The van der Waals surface area contributed by atoms with Crippen LogP contribution in [0.3, 0.4) is 0 Å². The molecule has 2 saturated carbocycles. The van der Waals surface area contributed by atoms with Gasteiger partial charge in [-0.05, 0) is 32.6 Å². The van der Waals surface area contributed by atoms with Crippen LogP contribution in [0.1, 0.15) is 39.0 Å². The molecule has 2 aliphatic carbocycles. The quantitative estimate of drug-likeness (QED) is 0.663. The Labute approximate surface area is 79.1 Å². The second kappa shape index (κ2) is 2.98. The predicted octanol–water partition coefficient (Wildman–Crippen LogP) is 0.783. The number of carbonyl (C=O) groups is 1. The first kappa shape index (κ1) is 9.00. The van der Waals surface area contributed by atoms with E-state index in [4.69, 9.17) is 5.73 Å². The summed E-state index contributed by atoms with van der Waals surface area (Å²) >= 11 is 0. The molecule has 0 radical (unpaired) electrons. The van der Waals surface area contributed by atoms with Crippen molar-refractivity contribution in [3.05, 3.63) is 0 Å². The lowest BCUT2D eigenvalue weighted by Crippen LogP contribution is -2.43. The highest BCUT2D eigenvalue weighted by atomic mass is 16.2. The van der Waals surface area contributed by atoms with E-state index in [1.54, 1.807) is 0 Å². The van der Waals surface area contributed by atoms with Crippen LogP contribution in [-0.4, -0.2) is 17.5 Å². The lowest BCUT2D eigenvalue weighted by molar-refractivity contribution is -0.126. The van der Waals surface area contributed by atoms with Crippen LogP contribution in [0.4, 0.5) is 0 Å². The molecule has 2 atom stereocenters. The molecule has 3 heteroatoms. The topological polar surface area (TPSA) is 55.1 Å². The zero-order valence-corrected chi connectivity index (χ0v) is 8.18. The number of amides is 1. The summed E-state index contributed by atoms with van der Waals surface area (Å²) in [5, 5.41) is 3.08. The van der Waals surface area contributed by atoms with Crippen LogP contribution in [0.2, 0.25) is 0 Å². The summed E-state index contributed by atoms with van der Waals surface area (Å²) in [6, 6.07) is 0.0994. The minimum atomic E-state index is 0.0809. The van der Waals surface area contributed by atoms with Crippen LogP contribution in [0.25, 0.3) is 0 Å². The average molecular weight is 182 g/mol. The fourth-order valence-electron chi connectivity index (χ4n) is 2.02. The Bertz CT molecular complexity index is 223. The monoisotopic (exact) mass is 182 g/mol. The third-order valence-electron chi connectivity index (χ3n) is 3.33. The molecular formula is C10H18N2O. The summed E-state index contributed by atoms with van der Waals surface area (Å²) in [4.78, 5) is 11.7. The molecule has 0 aromatic rings. The Kier molecular flexibility index (Phi) is 2.06. The number of nitrogens with two attached hydrogens (primary N) is 1. The van der Waals surface area contributed by atoms with E-state index in [2.05, 4.69) is 12.2 Å². The third kappa shape index (κ3) is 1.85. The van der Waals surface area contributed by atoms with Crippen molar-refractivity contribution in [2.45, 2.75) is 50.6 Å². The molecule has 0 spiro atoms. The first-order valence-corrected chi connectivity index (χ1v) is 5.18. The normalized spacial score (nSPS) is 35.8. The van der Waals surface area contributed by atoms with E-state index >= 15 is 0 Å². The SMILES string of the molecule is CC1(NC(=O)C2CCCC2N)CC1. The van der Waals surface area contributed by atoms with E-state index in [9.17, 15) is 4.79 Å². The first-order chi connectivity index (χ1) is 6.11. The van der Waals surface area contributed by atoms with E-state index in [-0.39, 0.29) is 23.4 Å². The third-order valence-corrected chi connectivity index (χ3v) is 3.33. The van der Waals surface area contributed by atoms with Crippen LogP contribution in [0.15, 0.2) is 0 Å². The van der Waals surface area contributed by atoms with E-state index < -0.39 is 0 Å². The van der Waals surface area contributed by atoms with Gasteiger partial charge in [0.1, 0.15) is 0 Å². The molecule has 0 bridgehead atoms. The molecule has 3 nitrogen and oxygen atoms in total. The fraction of sp³-hybridized carbons (Fsp3) is 0.900. The summed E-state index contributed by atoms with van der Waals surface area (Å²) < 4.78 is 0. The van der Waals surface area contributed by atoms with Gasteiger partial charge in [0.15, 0.2) is 0 Å². The van der Waals surface area contributed by atoms with Gasteiger partial charge in [-0.15, -0.1) is 0 Å². The van der Waals surface area contributed by atoms with Crippen LogP contribution in [-0.2, 0) is 4.79 Å². The number of carbonyl (C=O) groups excluding carboxylic acids is 1. The minimum absolute atomic E-state index is 0.0809. The van der Waals surface area contributed by atoms with Crippen molar-refractivity contribution in [1.29, 1.82) is 0 Å². The Hall–Kier alpha value is -0.570. The average Bonchev–Trinajstić information content (AvgIpc) is 2.63. The zero-order valence-electron chi connectivity index (χ0n) is 8.18. The Balaban J connectivity index is 1.89. The number of rotatable bonds is 2. The Morgan fingerprint density at radius 2 is 2.15 bits per heavy atom. The molecule has 1 amide bonds. The van der Waals surface area contributed by atoms with Crippen molar-refractivity contribution in [2.24, 2.45) is 11.7 Å². The molecular weight excluding hydrogens is 164 g/mol. The maximum Gasteiger partial charge on any atom is 0.225 e. The van der Waals surface area contributed by atoms with Crippen molar-refractivity contribution >= 4 is 5.91 Å². The van der Waals surface area contributed by atoms with Crippen molar-refractivity contribution in [3.63, 3.8) is 0 Å². The second-order valence-corrected chi connectivity index (χ2v) is 4.75. The van der Waals surface area contributed by atoms with Crippen LogP contribution in [0.5, 0.6) is 0 Å². The van der Waals surface area contributed by atoms with E-state index in [1.807, 2.05) is 0 Å². The predicted molar refractivity (Wildman–Crippen MR) is 51.1 cm³/mol.